The molecule has 8 nitrogen and oxygen atoms in total. The number of rotatable bonds is 3. The number of allylic oxidation sites excluding steroid dienone is 1. The van der Waals surface area contributed by atoms with Gasteiger partial charge in [0, 0.05) is 11.9 Å². The van der Waals surface area contributed by atoms with Crippen molar-refractivity contribution in [2.45, 2.75) is 13.0 Å². The molecule has 1 unspecified atom stereocenters. The number of amides is 1. The highest BCUT2D eigenvalue weighted by atomic mass is 16.3. The van der Waals surface area contributed by atoms with E-state index in [1.807, 2.05) is 13.0 Å². The number of anilines is 2. The molecule has 26 heavy (non-hydrogen) atoms. The molecule has 0 bridgehead atoms. The van der Waals surface area contributed by atoms with Crippen molar-refractivity contribution in [3.05, 3.63) is 72.0 Å². The van der Waals surface area contributed by atoms with Gasteiger partial charge in [0.1, 0.15) is 18.1 Å². The Balaban J connectivity index is 1.78. The Kier molecular flexibility index (Phi) is 3.85. The average molecular weight is 348 g/mol. The van der Waals surface area contributed by atoms with Gasteiger partial charge in [-0.2, -0.15) is 10.1 Å². The molecule has 3 heterocycles. The number of carbonyl (C=O) groups is 1. The van der Waals surface area contributed by atoms with Crippen LogP contribution in [0.3, 0.4) is 0 Å². The number of aromatic hydroxyl groups is 1. The monoisotopic (exact) mass is 348 g/mol. The summed E-state index contributed by atoms with van der Waals surface area (Å²) >= 11 is 0. The van der Waals surface area contributed by atoms with E-state index in [4.69, 9.17) is 0 Å². The van der Waals surface area contributed by atoms with Crippen molar-refractivity contribution in [1.82, 2.24) is 19.7 Å². The predicted octanol–water partition coefficient (Wildman–Crippen LogP) is 2.31. The van der Waals surface area contributed by atoms with Crippen molar-refractivity contribution in [2.75, 3.05) is 10.6 Å². The van der Waals surface area contributed by atoms with Crippen molar-refractivity contribution in [1.29, 1.82) is 0 Å². The Hall–Kier alpha value is -3.68. The summed E-state index contributed by atoms with van der Waals surface area (Å²) in [4.78, 5) is 21.2. The molecule has 0 saturated carbocycles. The summed E-state index contributed by atoms with van der Waals surface area (Å²) in [5.41, 5.74) is 2.48. The maximum atomic E-state index is 13.0. The summed E-state index contributed by atoms with van der Waals surface area (Å²) in [5.74, 6) is 0.374. The van der Waals surface area contributed by atoms with Crippen LogP contribution in [-0.2, 0) is 4.79 Å². The number of hydrogen-bond acceptors (Lipinski definition) is 6. The normalized spacial score (nSPS) is 16.0. The van der Waals surface area contributed by atoms with Crippen LogP contribution in [0.25, 0.3) is 0 Å². The number of nitrogens with zero attached hydrogens (tertiary/aromatic N) is 4. The van der Waals surface area contributed by atoms with Gasteiger partial charge in [0.15, 0.2) is 0 Å². The van der Waals surface area contributed by atoms with Crippen molar-refractivity contribution >= 4 is 17.5 Å². The van der Waals surface area contributed by atoms with Crippen molar-refractivity contribution < 1.29 is 9.90 Å². The fraction of sp³-hybridized carbons (Fsp3) is 0.111. The first-order valence-electron chi connectivity index (χ1n) is 8.01. The second-order valence-corrected chi connectivity index (χ2v) is 5.89. The molecule has 8 heteroatoms. The molecular weight excluding hydrogens is 332 g/mol. The van der Waals surface area contributed by atoms with Gasteiger partial charge >= 0.3 is 0 Å². The standard InChI is InChI=1S/C18H16N6O2/c1-11-15(17(26)23-13-5-3-7-19-9-13)16(12-4-2-6-14(25)8-12)24-18(22-11)20-10-21-24/h2-10,16,25H,1H3,(H,23,26)(H,20,21,22). The Bertz CT molecular complexity index is 996. The number of phenolic OH excluding ortho intramolecular Hbond substituents is 1. The molecule has 1 aliphatic heterocycles. The lowest BCUT2D eigenvalue weighted by atomic mass is 9.95. The summed E-state index contributed by atoms with van der Waals surface area (Å²) in [6.07, 6.45) is 4.64. The van der Waals surface area contributed by atoms with Crippen LogP contribution in [-0.4, -0.2) is 30.8 Å². The summed E-state index contributed by atoms with van der Waals surface area (Å²) in [6, 6.07) is 9.77. The quantitative estimate of drug-likeness (QED) is 0.671. The van der Waals surface area contributed by atoms with Gasteiger partial charge in [-0.05, 0) is 36.8 Å². The fourth-order valence-electron chi connectivity index (χ4n) is 3.02. The zero-order chi connectivity index (χ0) is 18.1. The lowest BCUT2D eigenvalue weighted by molar-refractivity contribution is -0.113. The Morgan fingerprint density at radius 2 is 2.19 bits per heavy atom. The lowest BCUT2D eigenvalue weighted by Crippen LogP contribution is -2.31. The molecule has 1 atom stereocenters. The largest absolute Gasteiger partial charge is 0.508 e. The van der Waals surface area contributed by atoms with E-state index in [-0.39, 0.29) is 11.7 Å². The molecular formula is C18H16N6O2. The molecule has 0 aliphatic carbocycles. The summed E-state index contributed by atoms with van der Waals surface area (Å²) in [6.45, 7) is 1.81. The van der Waals surface area contributed by atoms with Gasteiger partial charge in [0.25, 0.3) is 5.91 Å². The maximum absolute atomic E-state index is 13.0. The smallest absolute Gasteiger partial charge is 0.255 e. The van der Waals surface area contributed by atoms with Crippen LogP contribution in [0.4, 0.5) is 11.6 Å². The SMILES string of the molecule is CC1=C(C(=O)Nc2cccnc2)C(c2cccc(O)c2)n2ncnc2N1. The molecule has 3 N–H and O–H groups in total. The maximum Gasteiger partial charge on any atom is 0.255 e. The van der Waals surface area contributed by atoms with Gasteiger partial charge in [-0.1, -0.05) is 12.1 Å². The van der Waals surface area contributed by atoms with E-state index in [1.165, 1.54) is 6.33 Å². The number of phenols is 1. The first kappa shape index (κ1) is 15.8. The molecule has 1 aliphatic rings. The molecule has 1 aromatic carbocycles. The predicted molar refractivity (Wildman–Crippen MR) is 95.5 cm³/mol. The van der Waals surface area contributed by atoms with Gasteiger partial charge in [0.05, 0.1) is 17.5 Å². The number of fused-ring (bicyclic) bond motifs is 1. The molecule has 0 fully saturated rings. The molecule has 0 saturated heterocycles. The number of aromatic nitrogens is 4. The summed E-state index contributed by atoms with van der Waals surface area (Å²) < 4.78 is 1.62. The zero-order valence-corrected chi connectivity index (χ0v) is 13.9. The Labute approximate surface area is 149 Å². The second kappa shape index (κ2) is 6.32. The van der Waals surface area contributed by atoms with Crippen LogP contribution in [0.15, 0.2) is 66.4 Å². The molecule has 0 spiro atoms. The molecule has 130 valence electrons. The van der Waals surface area contributed by atoms with Gasteiger partial charge in [-0.15, -0.1) is 0 Å². The van der Waals surface area contributed by atoms with E-state index < -0.39 is 6.04 Å². The van der Waals surface area contributed by atoms with Crippen molar-refractivity contribution in [3.8, 4) is 5.75 Å². The Morgan fingerprint density at radius 3 is 2.96 bits per heavy atom. The van der Waals surface area contributed by atoms with Crippen LogP contribution in [0.2, 0.25) is 0 Å². The minimum absolute atomic E-state index is 0.118. The van der Waals surface area contributed by atoms with E-state index in [0.29, 0.717) is 22.9 Å². The first-order valence-corrected chi connectivity index (χ1v) is 8.01. The molecule has 0 radical (unpaired) electrons. The van der Waals surface area contributed by atoms with Gasteiger partial charge in [0.2, 0.25) is 5.95 Å². The van der Waals surface area contributed by atoms with E-state index >= 15 is 0 Å². The molecule has 2 aromatic heterocycles. The summed E-state index contributed by atoms with van der Waals surface area (Å²) in [5, 5.41) is 20.1. The van der Waals surface area contributed by atoms with E-state index in [1.54, 1.807) is 47.4 Å². The number of hydrogen-bond donors (Lipinski definition) is 3. The molecule has 3 aromatic rings. The third-order valence-electron chi connectivity index (χ3n) is 4.14. The van der Waals surface area contributed by atoms with Crippen LogP contribution in [0, 0.1) is 0 Å². The minimum Gasteiger partial charge on any atom is -0.508 e. The third kappa shape index (κ3) is 2.77. The topological polar surface area (TPSA) is 105 Å². The summed E-state index contributed by atoms with van der Waals surface area (Å²) in [7, 11) is 0. The minimum atomic E-state index is -0.516. The second-order valence-electron chi connectivity index (χ2n) is 5.89. The van der Waals surface area contributed by atoms with Crippen LogP contribution in [0.1, 0.15) is 18.5 Å². The number of carbonyl (C=O) groups excluding carboxylic acids is 1. The average Bonchev–Trinajstić information content (AvgIpc) is 3.09. The van der Waals surface area contributed by atoms with Crippen LogP contribution in [0.5, 0.6) is 5.75 Å². The van der Waals surface area contributed by atoms with Crippen molar-refractivity contribution in [3.63, 3.8) is 0 Å². The molecule has 4 rings (SSSR count). The van der Waals surface area contributed by atoms with Gasteiger partial charge < -0.3 is 15.7 Å². The van der Waals surface area contributed by atoms with Crippen LogP contribution >= 0.6 is 0 Å². The lowest BCUT2D eigenvalue weighted by Gasteiger charge is -2.28. The van der Waals surface area contributed by atoms with Gasteiger partial charge in [-0.3, -0.25) is 9.78 Å². The highest BCUT2D eigenvalue weighted by Crippen LogP contribution is 2.36. The number of pyridine rings is 1. The Morgan fingerprint density at radius 1 is 1.31 bits per heavy atom. The van der Waals surface area contributed by atoms with Crippen LogP contribution < -0.4 is 10.6 Å². The first-order chi connectivity index (χ1) is 12.6. The van der Waals surface area contributed by atoms with E-state index in [2.05, 4.69) is 25.7 Å². The number of nitrogens with one attached hydrogen (secondary N) is 2. The van der Waals surface area contributed by atoms with E-state index in [9.17, 15) is 9.90 Å². The number of benzene rings is 1. The van der Waals surface area contributed by atoms with Gasteiger partial charge in [-0.25, -0.2) is 4.68 Å². The highest BCUT2D eigenvalue weighted by molar-refractivity contribution is 6.05. The van der Waals surface area contributed by atoms with E-state index in [0.717, 1.165) is 5.56 Å². The fourth-order valence-corrected chi connectivity index (χ4v) is 3.02. The molecule has 1 amide bonds. The highest BCUT2D eigenvalue weighted by Gasteiger charge is 2.33. The van der Waals surface area contributed by atoms with Crippen molar-refractivity contribution in [2.24, 2.45) is 0 Å². The zero-order valence-electron chi connectivity index (χ0n) is 13.9. The third-order valence-corrected chi connectivity index (χ3v) is 4.14.